The van der Waals surface area contributed by atoms with Crippen LogP contribution >= 0.6 is 0 Å². The van der Waals surface area contributed by atoms with Crippen molar-refractivity contribution in [3.8, 4) is 17.2 Å². The maximum absolute atomic E-state index is 15.3. The van der Waals surface area contributed by atoms with Crippen molar-refractivity contribution in [3.05, 3.63) is 82.9 Å². The Morgan fingerprint density at radius 1 is 0.892 bits per heavy atom. The highest BCUT2D eigenvalue weighted by atomic mass is 16.7. The number of nitrogens with zero attached hydrogens (tertiary/aromatic N) is 1. The van der Waals surface area contributed by atoms with Gasteiger partial charge in [0.05, 0.1) is 0 Å². The molecule has 1 amide bonds. The highest BCUT2D eigenvalue weighted by Gasteiger charge is 2.68. The van der Waals surface area contributed by atoms with Crippen molar-refractivity contribution in [3.63, 3.8) is 0 Å². The second-order valence-electron chi connectivity index (χ2n) is 11.4. The SMILES string of the molecule is Cc1ccc(C[N+]2([C@@H](C)C3CCCCC3)C(=O)C3(COc4cc5c(cc43)OCO5)c3ccccc32)cc1. The third-order valence-corrected chi connectivity index (χ3v) is 9.48. The van der Waals surface area contributed by atoms with Crippen molar-refractivity contribution in [2.45, 2.75) is 64.0 Å². The molecule has 0 aromatic heterocycles. The van der Waals surface area contributed by atoms with E-state index in [9.17, 15) is 0 Å². The molecule has 3 aromatic rings. The van der Waals surface area contributed by atoms with Gasteiger partial charge in [0.15, 0.2) is 16.9 Å². The summed E-state index contributed by atoms with van der Waals surface area (Å²) < 4.78 is 18.0. The molecule has 5 nitrogen and oxygen atoms in total. The zero-order chi connectivity index (χ0) is 25.2. The molecule has 1 aliphatic carbocycles. The zero-order valence-corrected chi connectivity index (χ0v) is 21.7. The zero-order valence-electron chi connectivity index (χ0n) is 21.7. The van der Waals surface area contributed by atoms with E-state index < -0.39 is 5.41 Å². The fourth-order valence-corrected chi connectivity index (χ4v) is 7.45. The number of rotatable bonds is 4. The molecule has 3 aliphatic heterocycles. The highest BCUT2D eigenvalue weighted by molar-refractivity contribution is 6.08. The lowest BCUT2D eigenvalue weighted by atomic mass is 9.76. The van der Waals surface area contributed by atoms with E-state index in [1.54, 1.807) is 0 Å². The van der Waals surface area contributed by atoms with Crippen LogP contribution in [0.3, 0.4) is 0 Å². The maximum Gasteiger partial charge on any atom is 0.338 e. The van der Waals surface area contributed by atoms with Crippen LogP contribution in [-0.4, -0.2) is 25.3 Å². The standard InChI is InChI=1S/C32H34NO4/c1-21-12-14-23(15-13-21)18-33(22(2)24-8-4-3-5-9-24)27-11-7-6-10-25(27)32(31(33)34)19-35-28-17-30-29(16-26(28)32)36-20-37-30/h6-7,10-17,22,24H,3-5,8-9,18-20H2,1-2H3/q+1/t22-,32?,33?/m0/s1. The Labute approximate surface area is 218 Å². The first-order chi connectivity index (χ1) is 18.0. The van der Waals surface area contributed by atoms with Crippen molar-refractivity contribution in [2.75, 3.05) is 13.4 Å². The molecule has 0 N–H and O–H groups in total. The van der Waals surface area contributed by atoms with Crippen molar-refractivity contribution in [1.82, 2.24) is 4.48 Å². The Bertz CT molecular complexity index is 1380. The molecule has 0 bridgehead atoms. The third-order valence-electron chi connectivity index (χ3n) is 9.48. The van der Waals surface area contributed by atoms with Crippen LogP contribution in [0, 0.1) is 12.8 Å². The Morgan fingerprint density at radius 2 is 1.62 bits per heavy atom. The van der Waals surface area contributed by atoms with Crippen LogP contribution in [0.25, 0.3) is 0 Å². The molecule has 1 spiro atoms. The second-order valence-corrected chi connectivity index (χ2v) is 11.4. The summed E-state index contributed by atoms with van der Waals surface area (Å²) in [5, 5.41) is 0. The van der Waals surface area contributed by atoms with Crippen molar-refractivity contribution < 1.29 is 19.0 Å². The Kier molecular flexibility index (Phi) is 5.16. The summed E-state index contributed by atoms with van der Waals surface area (Å²) in [5.41, 5.74) is 4.68. The number of para-hydroxylation sites is 1. The van der Waals surface area contributed by atoms with Gasteiger partial charge in [-0.2, -0.15) is 0 Å². The van der Waals surface area contributed by atoms with E-state index >= 15 is 4.79 Å². The van der Waals surface area contributed by atoms with Crippen LogP contribution in [0.4, 0.5) is 5.69 Å². The summed E-state index contributed by atoms with van der Waals surface area (Å²) in [6.07, 6.45) is 6.16. The molecule has 3 aromatic carbocycles. The number of carbonyl (C=O) groups is 1. The predicted molar refractivity (Wildman–Crippen MR) is 143 cm³/mol. The van der Waals surface area contributed by atoms with Gasteiger partial charge in [-0.15, -0.1) is 0 Å². The minimum Gasteiger partial charge on any atom is -0.491 e. The number of benzene rings is 3. The van der Waals surface area contributed by atoms with E-state index in [0.717, 1.165) is 22.6 Å². The molecule has 5 heteroatoms. The summed E-state index contributed by atoms with van der Waals surface area (Å²) in [6, 6.07) is 21.3. The first kappa shape index (κ1) is 22.9. The molecule has 0 radical (unpaired) electrons. The quantitative estimate of drug-likeness (QED) is 0.391. The molecule has 3 atom stereocenters. The minimum atomic E-state index is -0.861. The molecule has 0 saturated heterocycles. The normalized spacial score (nSPS) is 26.7. The van der Waals surface area contributed by atoms with Gasteiger partial charge in [0.25, 0.3) is 0 Å². The van der Waals surface area contributed by atoms with Gasteiger partial charge in [-0.3, -0.25) is 0 Å². The number of hydrogen-bond acceptors (Lipinski definition) is 4. The highest BCUT2D eigenvalue weighted by Crippen LogP contribution is 2.59. The number of fused-ring (bicyclic) bond motifs is 5. The smallest absolute Gasteiger partial charge is 0.338 e. The number of ether oxygens (including phenoxy) is 3. The van der Waals surface area contributed by atoms with E-state index in [4.69, 9.17) is 14.2 Å². The molecule has 37 heavy (non-hydrogen) atoms. The van der Waals surface area contributed by atoms with Crippen LogP contribution in [0.15, 0.2) is 60.7 Å². The molecule has 4 aliphatic rings. The van der Waals surface area contributed by atoms with Gasteiger partial charge in [0.1, 0.15) is 30.6 Å². The van der Waals surface area contributed by atoms with E-state index in [1.807, 2.05) is 12.1 Å². The van der Waals surface area contributed by atoms with Crippen molar-refractivity contribution >= 4 is 11.6 Å². The number of carbonyl (C=O) groups excluding carboxylic acids is 1. The van der Waals surface area contributed by atoms with Crippen molar-refractivity contribution in [1.29, 1.82) is 0 Å². The van der Waals surface area contributed by atoms with Gasteiger partial charge >= 0.3 is 5.91 Å². The molecule has 1 fully saturated rings. The first-order valence-electron chi connectivity index (χ1n) is 13.7. The van der Waals surface area contributed by atoms with Gasteiger partial charge in [0, 0.05) is 28.7 Å². The van der Waals surface area contributed by atoms with E-state index in [0.29, 0.717) is 35.1 Å². The summed E-state index contributed by atoms with van der Waals surface area (Å²) in [7, 11) is 0. The lowest BCUT2D eigenvalue weighted by molar-refractivity contribution is -0.137. The predicted octanol–water partition coefficient (Wildman–Crippen LogP) is 6.42. The number of hydrogen-bond donors (Lipinski definition) is 0. The first-order valence-corrected chi connectivity index (χ1v) is 13.7. The summed E-state index contributed by atoms with van der Waals surface area (Å²) in [5.74, 6) is 2.84. The second kappa shape index (κ2) is 8.35. The van der Waals surface area contributed by atoms with E-state index in [-0.39, 0.29) is 18.7 Å². The molecule has 7 rings (SSSR count). The monoisotopic (exact) mass is 496 g/mol. The largest absolute Gasteiger partial charge is 0.491 e. The van der Waals surface area contributed by atoms with Crippen LogP contribution < -0.4 is 18.7 Å². The average Bonchev–Trinajstić information content (AvgIpc) is 3.60. The van der Waals surface area contributed by atoms with Gasteiger partial charge in [0.2, 0.25) is 6.79 Å². The van der Waals surface area contributed by atoms with Crippen molar-refractivity contribution in [2.24, 2.45) is 5.92 Å². The van der Waals surface area contributed by atoms with Crippen LogP contribution in [0.2, 0.25) is 0 Å². The Morgan fingerprint density at radius 3 is 2.41 bits per heavy atom. The molecule has 3 heterocycles. The fraction of sp³-hybridized carbons (Fsp3) is 0.406. The lowest BCUT2D eigenvalue weighted by Crippen LogP contribution is -2.63. The molecular weight excluding hydrogens is 462 g/mol. The number of quaternary nitrogens is 1. The van der Waals surface area contributed by atoms with E-state index in [1.165, 1.54) is 43.2 Å². The summed E-state index contributed by atoms with van der Waals surface area (Å²) >= 11 is 0. The fourth-order valence-electron chi connectivity index (χ4n) is 7.45. The molecule has 1 saturated carbocycles. The maximum atomic E-state index is 15.3. The van der Waals surface area contributed by atoms with Gasteiger partial charge in [-0.25, -0.2) is 9.28 Å². The molecule has 190 valence electrons. The lowest BCUT2D eigenvalue weighted by Gasteiger charge is -2.43. The summed E-state index contributed by atoms with van der Waals surface area (Å²) in [4.78, 5) is 15.3. The molecule has 2 unspecified atom stereocenters. The third kappa shape index (κ3) is 3.16. The number of amides is 1. The minimum absolute atomic E-state index is 0.160. The molecular formula is C32H34NO4+. The Balaban J connectivity index is 1.44. The topological polar surface area (TPSA) is 44.8 Å². The Hall–Kier alpha value is -3.31. The summed E-state index contributed by atoms with van der Waals surface area (Å²) in [6.45, 7) is 5.60. The van der Waals surface area contributed by atoms with Crippen LogP contribution in [0.5, 0.6) is 17.2 Å². The van der Waals surface area contributed by atoms with Gasteiger partial charge < -0.3 is 14.2 Å². The van der Waals surface area contributed by atoms with Crippen LogP contribution in [-0.2, 0) is 16.8 Å². The van der Waals surface area contributed by atoms with E-state index in [2.05, 4.69) is 62.4 Å². The van der Waals surface area contributed by atoms with Crippen LogP contribution in [0.1, 0.15) is 61.3 Å². The number of aryl methyl sites for hydroxylation is 1. The van der Waals surface area contributed by atoms with Gasteiger partial charge in [-0.05, 0) is 38.8 Å². The average molecular weight is 497 g/mol. The van der Waals surface area contributed by atoms with Gasteiger partial charge in [-0.1, -0.05) is 67.3 Å².